The molecule has 3 rings (SSSR count). The van der Waals surface area contributed by atoms with Gasteiger partial charge in [0.05, 0.1) is 18.2 Å². The van der Waals surface area contributed by atoms with Crippen LogP contribution in [0.1, 0.15) is 33.6 Å². The lowest BCUT2D eigenvalue weighted by Gasteiger charge is -2.15. The number of anilines is 1. The molecule has 6 nitrogen and oxygen atoms in total. The standard InChI is InChI=1S/C20H18FNO5/c1-26-18-9-6-14(21)11-16(18)17(23)12-27-20(25)13-4-7-15(8-5-13)22-10-2-3-19(22)24/h4-9,11H,2-3,10,12H2,1H3. The number of hydrogen-bond acceptors (Lipinski definition) is 5. The number of esters is 1. The van der Waals surface area contributed by atoms with Crippen LogP contribution in [0, 0.1) is 5.82 Å². The second-order valence-corrected chi connectivity index (χ2v) is 6.04. The number of benzene rings is 2. The number of hydrogen-bond donors (Lipinski definition) is 0. The normalized spacial score (nSPS) is 13.6. The van der Waals surface area contributed by atoms with Gasteiger partial charge in [-0.05, 0) is 48.9 Å². The lowest BCUT2D eigenvalue weighted by molar-refractivity contribution is -0.117. The number of Topliss-reactive ketones (excluding diaryl/α,β-unsaturated/α-hetero) is 1. The Kier molecular flexibility index (Phi) is 5.49. The van der Waals surface area contributed by atoms with Crippen molar-refractivity contribution in [3.8, 4) is 5.75 Å². The van der Waals surface area contributed by atoms with Gasteiger partial charge in [-0.3, -0.25) is 9.59 Å². The smallest absolute Gasteiger partial charge is 0.338 e. The van der Waals surface area contributed by atoms with Gasteiger partial charge in [0.15, 0.2) is 6.61 Å². The van der Waals surface area contributed by atoms with Crippen molar-refractivity contribution in [1.29, 1.82) is 0 Å². The summed E-state index contributed by atoms with van der Waals surface area (Å²) in [5.41, 5.74) is 0.979. The van der Waals surface area contributed by atoms with Gasteiger partial charge in [0.25, 0.3) is 0 Å². The van der Waals surface area contributed by atoms with Crippen LogP contribution in [-0.4, -0.2) is 37.9 Å². The Labute approximate surface area is 155 Å². The average molecular weight is 371 g/mol. The average Bonchev–Trinajstić information content (AvgIpc) is 3.11. The van der Waals surface area contributed by atoms with Gasteiger partial charge in [-0.2, -0.15) is 0 Å². The highest BCUT2D eigenvalue weighted by atomic mass is 19.1. The SMILES string of the molecule is COc1ccc(F)cc1C(=O)COC(=O)c1ccc(N2CCCC2=O)cc1. The number of nitrogens with zero attached hydrogens (tertiary/aromatic N) is 1. The maximum absolute atomic E-state index is 13.4. The molecule has 0 N–H and O–H groups in total. The van der Waals surface area contributed by atoms with Crippen molar-refractivity contribution in [3.05, 3.63) is 59.4 Å². The summed E-state index contributed by atoms with van der Waals surface area (Å²) in [5.74, 6) is -1.58. The van der Waals surface area contributed by atoms with Crippen molar-refractivity contribution in [2.45, 2.75) is 12.8 Å². The van der Waals surface area contributed by atoms with Gasteiger partial charge in [0.1, 0.15) is 11.6 Å². The highest BCUT2D eigenvalue weighted by Crippen LogP contribution is 2.22. The van der Waals surface area contributed by atoms with Crippen LogP contribution in [0.25, 0.3) is 0 Å². The molecule has 27 heavy (non-hydrogen) atoms. The molecule has 0 bridgehead atoms. The van der Waals surface area contributed by atoms with Gasteiger partial charge in [-0.15, -0.1) is 0 Å². The Hall–Kier alpha value is -3.22. The van der Waals surface area contributed by atoms with Gasteiger partial charge in [0.2, 0.25) is 11.7 Å². The second-order valence-electron chi connectivity index (χ2n) is 6.04. The second kappa shape index (κ2) is 7.99. The Morgan fingerprint density at radius 3 is 2.52 bits per heavy atom. The van der Waals surface area contributed by atoms with Crippen molar-refractivity contribution < 1.29 is 28.2 Å². The molecule has 1 aliphatic heterocycles. The summed E-state index contributed by atoms with van der Waals surface area (Å²) in [4.78, 5) is 37.8. The number of rotatable bonds is 6. The molecule has 2 aromatic carbocycles. The Bertz CT molecular complexity index is 878. The molecule has 0 saturated carbocycles. The molecule has 0 aromatic heterocycles. The third kappa shape index (κ3) is 4.13. The maximum atomic E-state index is 13.4. The fraction of sp³-hybridized carbons (Fsp3) is 0.250. The first-order valence-corrected chi connectivity index (χ1v) is 8.44. The topological polar surface area (TPSA) is 72.9 Å². The molecule has 1 amide bonds. The fourth-order valence-corrected chi connectivity index (χ4v) is 2.89. The molecular weight excluding hydrogens is 353 g/mol. The molecule has 0 aliphatic carbocycles. The number of ether oxygens (including phenoxy) is 2. The third-order valence-electron chi connectivity index (χ3n) is 4.28. The highest BCUT2D eigenvalue weighted by Gasteiger charge is 2.22. The van der Waals surface area contributed by atoms with Crippen molar-refractivity contribution in [2.24, 2.45) is 0 Å². The summed E-state index contributed by atoms with van der Waals surface area (Å²) >= 11 is 0. The van der Waals surface area contributed by atoms with Crippen LogP contribution in [0.5, 0.6) is 5.75 Å². The number of ketones is 1. The van der Waals surface area contributed by atoms with E-state index in [1.165, 1.54) is 31.4 Å². The summed E-state index contributed by atoms with van der Waals surface area (Å²) in [7, 11) is 1.36. The summed E-state index contributed by atoms with van der Waals surface area (Å²) in [6.07, 6.45) is 1.34. The van der Waals surface area contributed by atoms with Crippen LogP contribution in [-0.2, 0) is 9.53 Å². The molecule has 140 valence electrons. The van der Waals surface area contributed by atoms with Gasteiger partial charge in [0, 0.05) is 18.7 Å². The van der Waals surface area contributed by atoms with Crippen molar-refractivity contribution in [3.63, 3.8) is 0 Å². The number of halogens is 1. The van der Waals surface area contributed by atoms with Crippen LogP contribution in [0.4, 0.5) is 10.1 Å². The molecule has 1 saturated heterocycles. The van der Waals surface area contributed by atoms with Gasteiger partial charge in [-0.25, -0.2) is 9.18 Å². The minimum atomic E-state index is -0.682. The van der Waals surface area contributed by atoms with E-state index in [1.807, 2.05) is 0 Å². The molecule has 1 aliphatic rings. The molecule has 7 heteroatoms. The Morgan fingerprint density at radius 1 is 1.15 bits per heavy atom. The molecule has 1 fully saturated rings. The van der Waals surface area contributed by atoms with Gasteiger partial charge in [-0.1, -0.05) is 0 Å². The van der Waals surface area contributed by atoms with Gasteiger partial charge < -0.3 is 14.4 Å². The maximum Gasteiger partial charge on any atom is 0.338 e. The first-order valence-electron chi connectivity index (χ1n) is 8.44. The van der Waals surface area contributed by atoms with Crippen LogP contribution in [0.3, 0.4) is 0 Å². The van der Waals surface area contributed by atoms with E-state index in [0.717, 1.165) is 18.2 Å². The highest BCUT2D eigenvalue weighted by molar-refractivity contribution is 6.01. The van der Waals surface area contributed by atoms with Crippen LogP contribution in [0.15, 0.2) is 42.5 Å². The van der Waals surface area contributed by atoms with E-state index >= 15 is 0 Å². The predicted molar refractivity (Wildman–Crippen MR) is 95.6 cm³/mol. The van der Waals surface area contributed by atoms with E-state index in [0.29, 0.717) is 13.0 Å². The van der Waals surface area contributed by atoms with Crippen LogP contribution >= 0.6 is 0 Å². The summed E-state index contributed by atoms with van der Waals surface area (Å²) in [5, 5.41) is 0. The lowest BCUT2D eigenvalue weighted by atomic mass is 10.1. The Morgan fingerprint density at radius 2 is 1.89 bits per heavy atom. The first kappa shape index (κ1) is 18.6. The zero-order chi connectivity index (χ0) is 19.4. The van der Waals surface area contributed by atoms with Crippen molar-refractivity contribution in [1.82, 2.24) is 0 Å². The molecule has 0 spiro atoms. The van der Waals surface area contributed by atoms with E-state index in [2.05, 4.69) is 0 Å². The van der Waals surface area contributed by atoms with Crippen LogP contribution < -0.4 is 9.64 Å². The molecule has 0 atom stereocenters. The van der Waals surface area contributed by atoms with E-state index in [-0.39, 0.29) is 22.8 Å². The largest absolute Gasteiger partial charge is 0.496 e. The van der Waals surface area contributed by atoms with Gasteiger partial charge >= 0.3 is 5.97 Å². The summed E-state index contributed by atoms with van der Waals surface area (Å²) in [6, 6.07) is 9.95. The van der Waals surface area contributed by atoms with E-state index in [4.69, 9.17) is 9.47 Å². The first-order chi connectivity index (χ1) is 13.0. The molecule has 0 unspecified atom stereocenters. The molecule has 2 aromatic rings. The molecular formula is C20H18FNO5. The Balaban J connectivity index is 1.63. The summed E-state index contributed by atoms with van der Waals surface area (Å²) < 4.78 is 23.4. The number of methoxy groups -OCH3 is 1. The zero-order valence-corrected chi connectivity index (χ0v) is 14.7. The van der Waals surface area contributed by atoms with E-state index in [9.17, 15) is 18.8 Å². The third-order valence-corrected chi connectivity index (χ3v) is 4.28. The van der Waals surface area contributed by atoms with E-state index < -0.39 is 24.2 Å². The summed E-state index contributed by atoms with van der Waals surface area (Å²) in [6.45, 7) is 0.123. The molecule has 1 heterocycles. The minimum Gasteiger partial charge on any atom is -0.496 e. The van der Waals surface area contributed by atoms with Crippen molar-refractivity contribution in [2.75, 3.05) is 25.2 Å². The predicted octanol–water partition coefficient (Wildman–Crippen LogP) is 3.00. The monoisotopic (exact) mass is 371 g/mol. The zero-order valence-electron chi connectivity index (χ0n) is 14.7. The van der Waals surface area contributed by atoms with Crippen molar-refractivity contribution >= 4 is 23.3 Å². The number of carbonyl (C=O) groups excluding carboxylic acids is 3. The molecule has 0 radical (unpaired) electrons. The lowest BCUT2D eigenvalue weighted by Crippen LogP contribution is -2.23. The number of carbonyl (C=O) groups is 3. The fourth-order valence-electron chi connectivity index (χ4n) is 2.89. The minimum absolute atomic E-state index is 0.00759. The number of amides is 1. The van der Waals surface area contributed by atoms with E-state index in [1.54, 1.807) is 17.0 Å². The van der Waals surface area contributed by atoms with Crippen LogP contribution in [0.2, 0.25) is 0 Å². The quantitative estimate of drug-likeness (QED) is 0.577.